The van der Waals surface area contributed by atoms with Crippen LogP contribution in [0.25, 0.3) is 10.9 Å². The smallest absolute Gasteiger partial charge is 0.142 e. The van der Waals surface area contributed by atoms with Crippen LogP contribution in [0.4, 0.5) is 0 Å². The van der Waals surface area contributed by atoms with E-state index in [1.165, 1.54) is 0 Å². The molecule has 1 heterocycles. The summed E-state index contributed by atoms with van der Waals surface area (Å²) in [7, 11) is 0. The topological polar surface area (TPSA) is 28.7 Å². The van der Waals surface area contributed by atoms with Crippen molar-refractivity contribution >= 4 is 26.8 Å². The number of aromatic nitrogens is 2. The average molecular weight is 221 g/mol. The number of nitrogens with one attached hydrogen (secondary N) is 1. The Morgan fingerprint density at radius 2 is 2.33 bits per heavy atom. The Balaban J connectivity index is 2.86. The quantitative estimate of drug-likeness (QED) is 0.679. The fraction of sp³-hybridized carbons (Fsp3) is 0. The number of H-pyrrole nitrogens is 1. The van der Waals surface area contributed by atoms with E-state index >= 15 is 0 Å². The largest absolute Gasteiger partial charge is 0.277 e. The first-order valence-electron chi connectivity index (χ1n) is 3.41. The van der Waals surface area contributed by atoms with Crippen molar-refractivity contribution in [3.8, 4) is 12.3 Å². The van der Waals surface area contributed by atoms with E-state index < -0.39 is 0 Å². The van der Waals surface area contributed by atoms with E-state index in [1.807, 2.05) is 18.2 Å². The van der Waals surface area contributed by atoms with E-state index in [-0.39, 0.29) is 0 Å². The molecule has 0 saturated carbocycles. The Morgan fingerprint density at radius 1 is 1.50 bits per heavy atom. The van der Waals surface area contributed by atoms with Crippen LogP contribution in [0.2, 0.25) is 0 Å². The molecule has 0 unspecified atom stereocenters. The second kappa shape index (κ2) is 2.65. The molecule has 0 atom stereocenters. The standard InChI is InChI=1S/C9H5BrN2/c1-2-8-7-5-6(10)3-4-9(7)12-11-8/h1,3-5H,(H,11,12). The normalized spacial score (nSPS) is 10.0. The van der Waals surface area contributed by atoms with Gasteiger partial charge in [0.25, 0.3) is 0 Å². The van der Waals surface area contributed by atoms with Gasteiger partial charge in [-0.1, -0.05) is 15.9 Å². The molecule has 2 nitrogen and oxygen atoms in total. The van der Waals surface area contributed by atoms with Crippen molar-refractivity contribution in [2.75, 3.05) is 0 Å². The number of hydrogen-bond donors (Lipinski definition) is 1. The molecule has 58 valence electrons. The third-order valence-corrected chi connectivity index (χ3v) is 2.15. The minimum Gasteiger partial charge on any atom is -0.277 e. The number of nitrogens with zero attached hydrogens (tertiary/aromatic N) is 1. The summed E-state index contributed by atoms with van der Waals surface area (Å²) in [5.41, 5.74) is 1.62. The van der Waals surface area contributed by atoms with Gasteiger partial charge < -0.3 is 0 Å². The number of benzene rings is 1. The summed E-state index contributed by atoms with van der Waals surface area (Å²) in [4.78, 5) is 0. The predicted octanol–water partition coefficient (Wildman–Crippen LogP) is 2.31. The summed E-state index contributed by atoms with van der Waals surface area (Å²) in [5, 5.41) is 7.80. The number of aromatic amines is 1. The lowest BCUT2D eigenvalue weighted by Crippen LogP contribution is -1.72. The molecule has 3 heteroatoms. The summed E-state index contributed by atoms with van der Waals surface area (Å²) >= 11 is 3.37. The van der Waals surface area contributed by atoms with Gasteiger partial charge in [0.15, 0.2) is 0 Å². The average Bonchev–Trinajstić information content (AvgIpc) is 2.46. The lowest BCUT2D eigenvalue weighted by atomic mass is 10.2. The van der Waals surface area contributed by atoms with Crippen LogP contribution in [0.1, 0.15) is 5.69 Å². The zero-order valence-electron chi connectivity index (χ0n) is 6.13. The molecule has 0 radical (unpaired) electrons. The monoisotopic (exact) mass is 220 g/mol. The van der Waals surface area contributed by atoms with E-state index in [0.29, 0.717) is 5.69 Å². The van der Waals surface area contributed by atoms with Crippen LogP contribution >= 0.6 is 15.9 Å². The maximum atomic E-state index is 5.26. The second-order valence-electron chi connectivity index (χ2n) is 2.41. The maximum absolute atomic E-state index is 5.26. The predicted molar refractivity (Wildman–Crippen MR) is 51.7 cm³/mol. The molecule has 0 aliphatic rings. The molecule has 0 spiro atoms. The van der Waals surface area contributed by atoms with E-state index in [2.05, 4.69) is 32.0 Å². The first-order chi connectivity index (χ1) is 5.81. The van der Waals surface area contributed by atoms with Crippen molar-refractivity contribution in [1.29, 1.82) is 0 Å². The van der Waals surface area contributed by atoms with E-state index in [1.54, 1.807) is 0 Å². The van der Waals surface area contributed by atoms with Gasteiger partial charge in [0.2, 0.25) is 0 Å². The number of hydrogen-bond acceptors (Lipinski definition) is 1. The lowest BCUT2D eigenvalue weighted by Gasteiger charge is -1.89. The second-order valence-corrected chi connectivity index (χ2v) is 3.32. The van der Waals surface area contributed by atoms with Crippen molar-refractivity contribution in [1.82, 2.24) is 10.2 Å². The number of rotatable bonds is 0. The molecule has 2 rings (SSSR count). The van der Waals surface area contributed by atoms with Crippen molar-refractivity contribution in [2.45, 2.75) is 0 Å². The number of halogens is 1. The SMILES string of the molecule is C#Cc1n[nH]c2ccc(Br)cc12. The van der Waals surface area contributed by atoms with Crippen LogP contribution in [0.5, 0.6) is 0 Å². The van der Waals surface area contributed by atoms with Crippen molar-refractivity contribution in [3.63, 3.8) is 0 Å². The molecule has 1 N–H and O–H groups in total. The summed E-state index contributed by atoms with van der Waals surface area (Å²) < 4.78 is 1.01. The summed E-state index contributed by atoms with van der Waals surface area (Å²) in [6.07, 6.45) is 5.26. The Labute approximate surface area is 78.1 Å². The third kappa shape index (κ3) is 1.01. The molecule has 0 fully saturated rings. The van der Waals surface area contributed by atoms with Crippen LogP contribution in [0.15, 0.2) is 22.7 Å². The van der Waals surface area contributed by atoms with Gasteiger partial charge in [0.05, 0.1) is 5.52 Å². The van der Waals surface area contributed by atoms with Gasteiger partial charge in [0.1, 0.15) is 5.69 Å². The minimum absolute atomic E-state index is 0.659. The van der Waals surface area contributed by atoms with E-state index in [4.69, 9.17) is 6.42 Å². The van der Waals surface area contributed by atoms with Gasteiger partial charge in [-0.25, -0.2) is 0 Å². The highest BCUT2D eigenvalue weighted by Gasteiger charge is 2.01. The molecule has 12 heavy (non-hydrogen) atoms. The van der Waals surface area contributed by atoms with E-state index in [0.717, 1.165) is 15.4 Å². The molecule has 0 aliphatic carbocycles. The van der Waals surface area contributed by atoms with E-state index in [9.17, 15) is 0 Å². The summed E-state index contributed by atoms with van der Waals surface area (Å²) in [6, 6.07) is 5.84. The number of terminal acetylenes is 1. The van der Waals surface area contributed by atoms with Gasteiger partial charge in [0, 0.05) is 9.86 Å². The fourth-order valence-electron chi connectivity index (χ4n) is 1.10. The zero-order chi connectivity index (χ0) is 8.55. The van der Waals surface area contributed by atoms with Crippen LogP contribution in [-0.4, -0.2) is 10.2 Å². The molecule has 1 aromatic heterocycles. The van der Waals surface area contributed by atoms with Crippen molar-refractivity contribution in [3.05, 3.63) is 28.4 Å². The lowest BCUT2D eigenvalue weighted by molar-refractivity contribution is 1.10. The Hall–Kier alpha value is -1.27. The van der Waals surface area contributed by atoms with Crippen LogP contribution in [-0.2, 0) is 0 Å². The zero-order valence-corrected chi connectivity index (χ0v) is 7.72. The molecule has 0 saturated heterocycles. The minimum atomic E-state index is 0.659. The highest BCUT2D eigenvalue weighted by molar-refractivity contribution is 9.10. The van der Waals surface area contributed by atoms with Crippen molar-refractivity contribution in [2.24, 2.45) is 0 Å². The van der Waals surface area contributed by atoms with Crippen LogP contribution in [0.3, 0.4) is 0 Å². The molecular formula is C9H5BrN2. The molecule has 0 bridgehead atoms. The summed E-state index contributed by atoms with van der Waals surface area (Å²) in [5.74, 6) is 2.51. The maximum Gasteiger partial charge on any atom is 0.142 e. The third-order valence-electron chi connectivity index (χ3n) is 1.66. The highest BCUT2D eigenvalue weighted by Crippen LogP contribution is 2.19. The molecule has 2 aromatic rings. The van der Waals surface area contributed by atoms with Gasteiger partial charge in [-0.15, -0.1) is 6.42 Å². The Bertz CT molecular complexity index is 465. The Morgan fingerprint density at radius 3 is 3.08 bits per heavy atom. The molecule has 1 aromatic carbocycles. The van der Waals surface area contributed by atoms with Gasteiger partial charge in [-0.3, -0.25) is 5.10 Å². The number of fused-ring (bicyclic) bond motifs is 1. The highest BCUT2D eigenvalue weighted by atomic mass is 79.9. The fourth-order valence-corrected chi connectivity index (χ4v) is 1.46. The van der Waals surface area contributed by atoms with Crippen molar-refractivity contribution < 1.29 is 0 Å². The van der Waals surface area contributed by atoms with Gasteiger partial charge >= 0.3 is 0 Å². The molecular weight excluding hydrogens is 216 g/mol. The first-order valence-corrected chi connectivity index (χ1v) is 4.21. The van der Waals surface area contributed by atoms with Crippen LogP contribution < -0.4 is 0 Å². The Kier molecular flexibility index (Phi) is 1.63. The summed E-state index contributed by atoms with van der Waals surface area (Å²) in [6.45, 7) is 0. The molecule has 0 amide bonds. The van der Waals surface area contributed by atoms with Gasteiger partial charge in [-0.2, -0.15) is 5.10 Å². The first kappa shape index (κ1) is 7.38. The van der Waals surface area contributed by atoms with Gasteiger partial charge in [-0.05, 0) is 24.1 Å². The van der Waals surface area contributed by atoms with Crippen LogP contribution in [0, 0.1) is 12.3 Å². The molecule has 0 aliphatic heterocycles.